The average molecular weight is 344 g/mol. The zero-order chi connectivity index (χ0) is 17.9. The lowest BCUT2D eigenvalue weighted by atomic mass is 10.1. The van der Waals surface area contributed by atoms with Crippen LogP contribution in [-0.4, -0.2) is 36.5 Å². The lowest BCUT2D eigenvalue weighted by Gasteiger charge is -2.13. The number of aryl methyl sites for hydroxylation is 1. The van der Waals surface area contributed by atoms with Crippen molar-refractivity contribution in [3.8, 4) is 0 Å². The molecular weight excluding hydrogens is 329 g/mol. The van der Waals surface area contributed by atoms with Crippen molar-refractivity contribution >= 4 is 23.3 Å². The number of carbonyl (C=O) groups is 2. The van der Waals surface area contributed by atoms with Gasteiger partial charge in [0, 0.05) is 17.7 Å². The number of nitrogens with two attached hydrogens (primary N) is 1. The predicted octanol–water partition coefficient (Wildman–Crippen LogP) is 1.92. The van der Waals surface area contributed by atoms with Crippen molar-refractivity contribution in [1.82, 2.24) is 5.32 Å². The van der Waals surface area contributed by atoms with Crippen molar-refractivity contribution in [1.29, 1.82) is 0 Å². The van der Waals surface area contributed by atoms with Crippen molar-refractivity contribution in [2.45, 2.75) is 25.6 Å². The normalized spacial score (nSPS) is 17.0. The minimum Gasteiger partial charge on any atom is -0.390 e. The molecule has 4 N–H and O–H groups in total. The van der Waals surface area contributed by atoms with Gasteiger partial charge in [0.15, 0.2) is 11.8 Å². The van der Waals surface area contributed by atoms with Crippen LogP contribution in [0.25, 0.3) is 0 Å². The highest BCUT2D eigenvalue weighted by molar-refractivity contribution is 5.96. The first kappa shape index (κ1) is 17.6. The van der Waals surface area contributed by atoms with Gasteiger partial charge in [0.05, 0.1) is 6.54 Å². The number of nitrogens with zero attached hydrogens (tertiary/aromatic N) is 1. The number of hydrogen-bond donors (Lipinski definition) is 3. The maximum Gasteiger partial charge on any atom is 0.432 e. The third-order valence-corrected chi connectivity index (χ3v) is 3.32. The van der Waals surface area contributed by atoms with E-state index in [4.69, 9.17) is 5.73 Å². The molecule has 7 nitrogen and oxygen atoms in total. The highest BCUT2D eigenvalue weighted by Gasteiger charge is 2.41. The fraction of sp³-hybridized carbons (Fsp3) is 0.357. The summed E-state index contributed by atoms with van der Waals surface area (Å²) in [5.74, 6) is -0.644. The maximum atomic E-state index is 12.4. The molecule has 1 aliphatic heterocycles. The standard InChI is InChI=1S/C14H15F3N4O3/c1-7-2-3-8(12(18)22)4-10(7)20-13(23)19-6-9-5-11(21-24-9)14(15,16)17/h2-4,9H,5-6H2,1H3,(H2,18,22)(H2,19,20,23). The smallest absolute Gasteiger partial charge is 0.390 e. The van der Waals surface area contributed by atoms with Gasteiger partial charge < -0.3 is 21.2 Å². The number of nitrogens with one attached hydrogen (secondary N) is 2. The zero-order valence-corrected chi connectivity index (χ0v) is 12.6. The molecule has 0 saturated carbocycles. The van der Waals surface area contributed by atoms with E-state index in [0.717, 1.165) is 0 Å². The molecule has 0 aliphatic carbocycles. The van der Waals surface area contributed by atoms with Crippen LogP contribution >= 0.6 is 0 Å². The monoisotopic (exact) mass is 344 g/mol. The number of primary amides is 1. The minimum atomic E-state index is -4.54. The van der Waals surface area contributed by atoms with Crippen molar-refractivity contribution in [3.63, 3.8) is 0 Å². The number of hydrogen-bond acceptors (Lipinski definition) is 4. The molecule has 3 amide bonds. The Labute approximate surface area is 135 Å². The van der Waals surface area contributed by atoms with Gasteiger partial charge in [-0.15, -0.1) is 0 Å². The van der Waals surface area contributed by atoms with E-state index in [9.17, 15) is 22.8 Å². The molecule has 0 saturated heterocycles. The molecule has 1 aliphatic rings. The molecule has 10 heteroatoms. The highest BCUT2D eigenvalue weighted by Crippen LogP contribution is 2.25. The summed E-state index contributed by atoms with van der Waals surface area (Å²) in [5, 5.41) is 7.85. The number of urea groups is 1. The summed E-state index contributed by atoms with van der Waals surface area (Å²) in [7, 11) is 0. The average Bonchev–Trinajstić information content (AvgIpc) is 2.96. The topological polar surface area (TPSA) is 106 Å². The summed E-state index contributed by atoms with van der Waals surface area (Å²) in [6.07, 6.45) is -5.85. The van der Waals surface area contributed by atoms with Crippen LogP contribution < -0.4 is 16.4 Å². The SMILES string of the molecule is Cc1ccc(C(N)=O)cc1NC(=O)NCC1CC(C(F)(F)F)=NO1. The number of benzene rings is 1. The molecule has 0 fully saturated rings. The van der Waals surface area contributed by atoms with E-state index in [1.54, 1.807) is 13.0 Å². The van der Waals surface area contributed by atoms with Gasteiger partial charge in [-0.1, -0.05) is 11.2 Å². The summed E-state index contributed by atoms with van der Waals surface area (Å²) in [6, 6.07) is 3.89. The van der Waals surface area contributed by atoms with Crippen LogP contribution in [0, 0.1) is 6.92 Å². The van der Waals surface area contributed by atoms with Crippen LogP contribution in [0.1, 0.15) is 22.3 Å². The van der Waals surface area contributed by atoms with Gasteiger partial charge in [0.1, 0.15) is 0 Å². The molecule has 0 spiro atoms. The van der Waals surface area contributed by atoms with Crippen LogP contribution in [-0.2, 0) is 4.84 Å². The maximum absolute atomic E-state index is 12.4. The van der Waals surface area contributed by atoms with Crippen LogP contribution in [0.2, 0.25) is 0 Å². The van der Waals surface area contributed by atoms with E-state index in [2.05, 4.69) is 20.6 Å². The number of halogens is 3. The van der Waals surface area contributed by atoms with Crippen molar-refractivity contribution in [2.75, 3.05) is 11.9 Å². The predicted molar refractivity (Wildman–Crippen MR) is 79.7 cm³/mol. The van der Waals surface area contributed by atoms with Gasteiger partial charge in [-0.3, -0.25) is 4.79 Å². The van der Waals surface area contributed by atoms with Gasteiger partial charge in [-0.05, 0) is 24.6 Å². The number of oxime groups is 1. The second kappa shape index (κ2) is 6.77. The van der Waals surface area contributed by atoms with Crippen molar-refractivity contribution in [3.05, 3.63) is 29.3 Å². The van der Waals surface area contributed by atoms with Gasteiger partial charge in [0.2, 0.25) is 5.91 Å². The number of anilines is 1. The Bertz CT molecular complexity index is 688. The van der Waals surface area contributed by atoms with Crippen molar-refractivity contribution in [2.24, 2.45) is 10.9 Å². The molecule has 0 bridgehead atoms. The van der Waals surface area contributed by atoms with Gasteiger partial charge >= 0.3 is 12.2 Å². The van der Waals surface area contributed by atoms with E-state index < -0.39 is 36.4 Å². The quantitative estimate of drug-likeness (QED) is 0.777. The Hall–Kier alpha value is -2.78. The molecule has 24 heavy (non-hydrogen) atoms. The van der Waals surface area contributed by atoms with E-state index in [1.165, 1.54) is 12.1 Å². The minimum absolute atomic E-state index is 0.149. The summed E-state index contributed by atoms with van der Waals surface area (Å²) in [4.78, 5) is 27.6. The third-order valence-electron chi connectivity index (χ3n) is 3.32. The molecular formula is C14H15F3N4O3. The second-order valence-corrected chi connectivity index (χ2v) is 5.20. The summed E-state index contributed by atoms with van der Waals surface area (Å²) < 4.78 is 37.3. The molecule has 0 radical (unpaired) electrons. The number of amides is 3. The molecule has 1 atom stereocenters. The summed E-state index contributed by atoms with van der Waals surface area (Å²) >= 11 is 0. The number of carbonyl (C=O) groups excluding carboxylic acids is 2. The highest BCUT2D eigenvalue weighted by atomic mass is 19.4. The number of rotatable bonds is 4. The summed E-state index contributed by atoms with van der Waals surface area (Å²) in [5.41, 5.74) is 5.43. The van der Waals surface area contributed by atoms with E-state index in [1.807, 2.05) is 0 Å². The Morgan fingerprint density at radius 2 is 2.12 bits per heavy atom. The molecule has 1 aromatic rings. The van der Waals surface area contributed by atoms with E-state index >= 15 is 0 Å². The van der Waals surface area contributed by atoms with Crippen LogP contribution in [0.15, 0.2) is 23.4 Å². The Morgan fingerprint density at radius 1 is 1.42 bits per heavy atom. The fourth-order valence-electron chi connectivity index (χ4n) is 1.99. The first-order valence-corrected chi connectivity index (χ1v) is 6.92. The van der Waals surface area contributed by atoms with Crippen molar-refractivity contribution < 1.29 is 27.6 Å². The van der Waals surface area contributed by atoms with Crippen LogP contribution in [0.3, 0.4) is 0 Å². The third kappa shape index (κ3) is 4.37. The molecule has 130 valence electrons. The molecule has 1 unspecified atom stereocenters. The Morgan fingerprint density at radius 3 is 2.71 bits per heavy atom. The van der Waals surface area contributed by atoms with E-state index in [-0.39, 0.29) is 12.1 Å². The zero-order valence-electron chi connectivity index (χ0n) is 12.6. The largest absolute Gasteiger partial charge is 0.432 e. The van der Waals surface area contributed by atoms with Gasteiger partial charge in [-0.25, -0.2) is 4.79 Å². The first-order chi connectivity index (χ1) is 11.2. The molecule has 1 heterocycles. The molecule has 2 rings (SSSR count). The first-order valence-electron chi connectivity index (χ1n) is 6.92. The fourth-order valence-corrected chi connectivity index (χ4v) is 1.99. The van der Waals surface area contributed by atoms with Gasteiger partial charge in [-0.2, -0.15) is 13.2 Å². The lowest BCUT2D eigenvalue weighted by molar-refractivity contribution is -0.0604. The number of alkyl halides is 3. The second-order valence-electron chi connectivity index (χ2n) is 5.20. The molecule has 1 aromatic carbocycles. The lowest BCUT2D eigenvalue weighted by Crippen LogP contribution is -2.36. The van der Waals surface area contributed by atoms with Crippen LogP contribution in [0.4, 0.5) is 23.7 Å². The van der Waals surface area contributed by atoms with Gasteiger partial charge in [0.25, 0.3) is 0 Å². The van der Waals surface area contributed by atoms with E-state index in [0.29, 0.717) is 11.3 Å². The van der Waals surface area contributed by atoms with Crippen LogP contribution in [0.5, 0.6) is 0 Å². The Kier molecular flexibility index (Phi) is 4.96. The summed E-state index contributed by atoms with van der Waals surface area (Å²) in [6.45, 7) is 1.56. The Balaban J connectivity index is 1.87. The molecule has 0 aromatic heterocycles.